The summed E-state index contributed by atoms with van der Waals surface area (Å²) in [6.07, 6.45) is -4.64. The van der Waals surface area contributed by atoms with E-state index in [-0.39, 0.29) is 6.79 Å². The number of hydrogen-bond acceptors (Lipinski definition) is 5. The Labute approximate surface area is 174 Å². The first kappa shape index (κ1) is 20.5. The minimum atomic E-state index is -4.64. The molecular formula is C21H16F3N3O4. The average Bonchev–Trinajstić information content (AvgIpc) is 3.21. The molecular weight excluding hydrogens is 415 g/mol. The first-order valence-electron chi connectivity index (χ1n) is 9.21. The van der Waals surface area contributed by atoms with E-state index in [2.05, 4.69) is 10.4 Å². The first-order chi connectivity index (χ1) is 14.7. The fraction of sp³-hybridized carbons (Fsp3) is 0.190. The van der Waals surface area contributed by atoms with Gasteiger partial charge in [0.05, 0.1) is 16.9 Å². The van der Waals surface area contributed by atoms with E-state index in [0.717, 1.165) is 16.8 Å². The number of halogens is 3. The van der Waals surface area contributed by atoms with Crippen molar-refractivity contribution in [1.29, 1.82) is 0 Å². The number of rotatable bonds is 4. The zero-order chi connectivity index (χ0) is 22.2. The smallest absolute Gasteiger partial charge is 0.418 e. The van der Waals surface area contributed by atoms with Gasteiger partial charge in [-0.3, -0.25) is 9.59 Å². The van der Waals surface area contributed by atoms with Crippen LogP contribution in [0.5, 0.6) is 11.5 Å². The highest BCUT2D eigenvalue weighted by Crippen LogP contribution is 2.36. The molecule has 3 aromatic rings. The Morgan fingerprint density at radius 2 is 1.84 bits per heavy atom. The summed E-state index contributed by atoms with van der Waals surface area (Å²) in [5, 5.41) is 6.47. The molecule has 160 valence electrons. The second-order valence-electron chi connectivity index (χ2n) is 6.78. The summed E-state index contributed by atoms with van der Waals surface area (Å²) in [7, 11) is 0. The highest BCUT2D eigenvalue weighted by Gasteiger charge is 2.34. The number of carbonyl (C=O) groups is 1. The molecule has 0 fully saturated rings. The molecule has 1 aromatic heterocycles. The Morgan fingerprint density at radius 3 is 2.61 bits per heavy atom. The molecule has 31 heavy (non-hydrogen) atoms. The van der Waals surface area contributed by atoms with Gasteiger partial charge in [0.25, 0.3) is 5.56 Å². The second-order valence-corrected chi connectivity index (χ2v) is 6.78. The minimum Gasteiger partial charge on any atom is -0.454 e. The number of nitrogens with zero attached hydrogens (tertiary/aromatic N) is 2. The molecule has 0 saturated carbocycles. The molecule has 7 nitrogen and oxygen atoms in total. The Hall–Kier alpha value is -3.82. The number of amides is 1. The number of alkyl halides is 3. The summed E-state index contributed by atoms with van der Waals surface area (Å²) < 4.78 is 51.1. The molecule has 1 aliphatic rings. The number of carbonyl (C=O) groups excluding carboxylic acids is 1. The Kier molecular flexibility index (Phi) is 5.14. The van der Waals surface area contributed by atoms with E-state index in [1.165, 1.54) is 31.2 Å². The van der Waals surface area contributed by atoms with Crippen molar-refractivity contribution in [3.05, 3.63) is 70.5 Å². The second kappa shape index (κ2) is 7.78. The molecule has 0 saturated heterocycles. The van der Waals surface area contributed by atoms with E-state index >= 15 is 0 Å². The van der Waals surface area contributed by atoms with E-state index in [1.54, 1.807) is 18.2 Å². The minimum absolute atomic E-state index is 0.0995. The van der Waals surface area contributed by atoms with Gasteiger partial charge in [-0.05, 0) is 43.3 Å². The zero-order valence-corrected chi connectivity index (χ0v) is 16.1. The SMILES string of the molecule is CC(C(=O)Nc1ccccc1C(F)(F)F)n1nc(-c2ccc3c(c2)OCO3)ccc1=O. The van der Waals surface area contributed by atoms with Crippen molar-refractivity contribution in [1.82, 2.24) is 9.78 Å². The number of fused-ring (bicyclic) bond motifs is 1. The van der Waals surface area contributed by atoms with Gasteiger partial charge in [0.2, 0.25) is 12.7 Å². The van der Waals surface area contributed by atoms with Crippen LogP contribution in [0.1, 0.15) is 18.5 Å². The van der Waals surface area contributed by atoms with Crippen LogP contribution in [0, 0.1) is 0 Å². The summed E-state index contributed by atoms with van der Waals surface area (Å²) in [6, 6.07) is 11.3. The normalized spacial score (nSPS) is 13.7. The monoisotopic (exact) mass is 431 g/mol. The van der Waals surface area contributed by atoms with Crippen LogP contribution in [0.4, 0.5) is 18.9 Å². The lowest BCUT2D eigenvalue weighted by molar-refractivity contribution is -0.137. The van der Waals surface area contributed by atoms with Gasteiger partial charge < -0.3 is 14.8 Å². The number of para-hydroxylation sites is 1. The van der Waals surface area contributed by atoms with Crippen molar-refractivity contribution in [2.45, 2.75) is 19.1 Å². The molecule has 0 bridgehead atoms. The molecule has 1 N–H and O–H groups in total. The number of nitrogens with one attached hydrogen (secondary N) is 1. The molecule has 1 aliphatic heterocycles. The van der Waals surface area contributed by atoms with Crippen LogP contribution in [-0.4, -0.2) is 22.5 Å². The van der Waals surface area contributed by atoms with E-state index in [0.29, 0.717) is 22.8 Å². The standard InChI is InChI=1S/C21H16F3N3O4/c1-12(20(29)25-16-5-3-2-4-14(16)21(22,23)24)27-19(28)9-7-15(26-27)13-6-8-17-18(10-13)31-11-30-17/h2-10,12H,11H2,1H3,(H,25,29). The molecule has 0 radical (unpaired) electrons. The fourth-order valence-electron chi connectivity index (χ4n) is 3.10. The Balaban J connectivity index is 1.62. The molecule has 1 amide bonds. The van der Waals surface area contributed by atoms with Crippen molar-refractivity contribution in [3.63, 3.8) is 0 Å². The van der Waals surface area contributed by atoms with Crippen molar-refractivity contribution in [2.24, 2.45) is 0 Å². The Morgan fingerprint density at radius 1 is 1.10 bits per heavy atom. The number of benzene rings is 2. The van der Waals surface area contributed by atoms with Crippen molar-refractivity contribution in [3.8, 4) is 22.8 Å². The van der Waals surface area contributed by atoms with Crippen LogP contribution in [0.2, 0.25) is 0 Å². The molecule has 1 atom stereocenters. The summed E-state index contributed by atoms with van der Waals surface area (Å²) in [5.74, 6) is 0.286. The predicted octanol–water partition coefficient (Wildman–Crippen LogP) is 3.86. The van der Waals surface area contributed by atoms with Gasteiger partial charge in [-0.2, -0.15) is 18.3 Å². The largest absolute Gasteiger partial charge is 0.454 e. The molecule has 2 heterocycles. The van der Waals surface area contributed by atoms with Crippen LogP contribution in [0.15, 0.2) is 59.4 Å². The molecule has 1 unspecified atom stereocenters. The van der Waals surface area contributed by atoms with Crippen molar-refractivity contribution >= 4 is 11.6 Å². The fourth-order valence-corrected chi connectivity index (χ4v) is 3.10. The van der Waals surface area contributed by atoms with E-state index < -0.39 is 34.9 Å². The van der Waals surface area contributed by atoms with E-state index in [9.17, 15) is 22.8 Å². The Bertz CT molecular complexity index is 1210. The third-order valence-electron chi connectivity index (χ3n) is 4.73. The third-order valence-corrected chi connectivity index (χ3v) is 4.73. The van der Waals surface area contributed by atoms with Crippen LogP contribution >= 0.6 is 0 Å². The summed E-state index contributed by atoms with van der Waals surface area (Å²) >= 11 is 0. The summed E-state index contributed by atoms with van der Waals surface area (Å²) in [4.78, 5) is 24.9. The predicted molar refractivity (Wildman–Crippen MR) is 105 cm³/mol. The van der Waals surface area contributed by atoms with E-state index in [4.69, 9.17) is 9.47 Å². The maximum atomic E-state index is 13.2. The molecule has 2 aromatic carbocycles. The van der Waals surface area contributed by atoms with Gasteiger partial charge >= 0.3 is 6.18 Å². The van der Waals surface area contributed by atoms with Crippen LogP contribution in [0.3, 0.4) is 0 Å². The van der Waals surface area contributed by atoms with Gasteiger partial charge in [0.1, 0.15) is 6.04 Å². The van der Waals surface area contributed by atoms with Gasteiger partial charge in [-0.15, -0.1) is 0 Å². The van der Waals surface area contributed by atoms with Gasteiger partial charge in [-0.25, -0.2) is 4.68 Å². The van der Waals surface area contributed by atoms with Gasteiger partial charge in [-0.1, -0.05) is 12.1 Å². The summed E-state index contributed by atoms with van der Waals surface area (Å²) in [5.41, 5.74) is -0.950. The maximum Gasteiger partial charge on any atom is 0.418 e. The number of hydrogen-bond donors (Lipinski definition) is 1. The summed E-state index contributed by atoms with van der Waals surface area (Å²) in [6.45, 7) is 1.48. The van der Waals surface area contributed by atoms with Crippen molar-refractivity contribution < 1.29 is 27.4 Å². The van der Waals surface area contributed by atoms with Crippen molar-refractivity contribution in [2.75, 3.05) is 12.1 Å². The molecule has 4 rings (SSSR count). The van der Waals surface area contributed by atoms with Crippen LogP contribution in [-0.2, 0) is 11.0 Å². The van der Waals surface area contributed by atoms with Crippen LogP contribution < -0.4 is 20.3 Å². The molecule has 0 aliphatic carbocycles. The quantitative estimate of drug-likeness (QED) is 0.679. The highest BCUT2D eigenvalue weighted by molar-refractivity contribution is 5.94. The lowest BCUT2D eigenvalue weighted by Gasteiger charge is -2.17. The molecule has 10 heteroatoms. The lowest BCUT2D eigenvalue weighted by Crippen LogP contribution is -2.33. The van der Waals surface area contributed by atoms with Gasteiger partial charge in [0.15, 0.2) is 11.5 Å². The van der Waals surface area contributed by atoms with Gasteiger partial charge in [0, 0.05) is 11.6 Å². The molecule has 0 spiro atoms. The third kappa shape index (κ3) is 4.09. The lowest BCUT2D eigenvalue weighted by atomic mass is 10.1. The highest BCUT2D eigenvalue weighted by atomic mass is 19.4. The topological polar surface area (TPSA) is 82.5 Å². The average molecular weight is 431 g/mol. The number of aromatic nitrogens is 2. The number of anilines is 1. The van der Waals surface area contributed by atoms with E-state index in [1.807, 2.05) is 0 Å². The zero-order valence-electron chi connectivity index (χ0n) is 16.1. The van der Waals surface area contributed by atoms with Crippen LogP contribution in [0.25, 0.3) is 11.3 Å². The first-order valence-corrected chi connectivity index (χ1v) is 9.21. The maximum absolute atomic E-state index is 13.2. The number of ether oxygens (including phenoxy) is 2.